The van der Waals surface area contributed by atoms with E-state index in [1.807, 2.05) is 32.0 Å². The summed E-state index contributed by atoms with van der Waals surface area (Å²) < 4.78 is 5.01. The molecule has 1 unspecified atom stereocenters. The molecule has 0 aromatic heterocycles. The molecule has 1 amide bonds. The second-order valence-corrected chi connectivity index (χ2v) is 4.43. The van der Waals surface area contributed by atoms with Gasteiger partial charge < -0.3 is 15.2 Å². The molecule has 5 heteroatoms. The number of carboxylic acids is 1. The Bertz CT molecular complexity index is 450. The van der Waals surface area contributed by atoms with Gasteiger partial charge in [-0.2, -0.15) is 0 Å². The molecule has 19 heavy (non-hydrogen) atoms. The molecule has 1 aromatic carbocycles. The Labute approximate surface area is 112 Å². The monoisotopic (exact) mass is 265 g/mol. The van der Waals surface area contributed by atoms with Crippen molar-refractivity contribution in [1.82, 2.24) is 5.32 Å². The third-order valence-electron chi connectivity index (χ3n) is 2.93. The van der Waals surface area contributed by atoms with Crippen molar-refractivity contribution < 1.29 is 19.4 Å². The van der Waals surface area contributed by atoms with Gasteiger partial charge in [0.2, 0.25) is 0 Å². The third kappa shape index (κ3) is 4.37. The van der Waals surface area contributed by atoms with Gasteiger partial charge in [0.05, 0.1) is 12.5 Å². The van der Waals surface area contributed by atoms with Gasteiger partial charge in [-0.3, -0.25) is 9.59 Å². The zero-order chi connectivity index (χ0) is 14.4. The maximum atomic E-state index is 12.1. The molecule has 0 heterocycles. The number of carbonyl (C=O) groups excluding carboxylic acids is 1. The summed E-state index contributed by atoms with van der Waals surface area (Å²) >= 11 is 0. The van der Waals surface area contributed by atoms with Gasteiger partial charge in [-0.25, -0.2) is 0 Å². The minimum Gasteiger partial charge on any atom is -0.481 e. The smallest absolute Gasteiger partial charge is 0.306 e. The number of hydrogen-bond donors (Lipinski definition) is 2. The van der Waals surface area contributed by atoms with Gasteiger partial charge >= 0.3 is 5.97 Å². The number of aliphatic carboxylic acids is 1. The summed E-state index contributed by atoms with van der Waals surface area (Å²) in [6, 6.07) is 5.63. The second-order valence-electron chi connectivity index (χ2n) is 4.43. The van der Waals surface area contributed by atoms with Crippen LogP contribution in [-0.2, 0) is 9.53 Å². The molecule has 1 atom stereocenters. The number of carbonyl (C=O) groups is 2. The predicted octanol–water partition coefficient (Wildman–Crippen LogP) is 1.52. The summed E-state index contributed by atoms with van der Waals surface area (Å²) in [6.45, 7) is 3.91. The van der Waals surface area contributed by atoms with Gasteiger partial charge in [-0.15, -0.1) is 0 Å². The van der Waals surface area contributed by atoms with E-state index in [0.717, 1.165) is 11.1 Å². The highest BCUT2D eigenvalue weighted by atomic mass is 16.5. The van der Waals surface area contributed by atoms with Crippen LogP contribution in [0.1, 0.15) is 27.9 Å². The lowest BCUT2D eigenvalue weighted by atomic mass is 10.0. The number of carboxylic acid groups (broad SMARTS) is 1. The maximum Gasteiger partial charge on any atom is 0.306 e. The number of benzene rings is 1. The Morgan fingerprint density at radius 2 is 1.89 bits per heavy atom. The first kappa shape index (κ1) is 15.2. The Balaban J connectivity index is 2.67. The second kappa shape index (κ2) is 6.89. The summed E-state index contributed by atoms with van der Waals surface area (Å²) in [7, 11) is 1.43. The van der Waals surface area contributed by atoms with E-state index in [4.69, 9.17) is 9.84 Å². The molecule has 104 valence electrons. The van der Waals surface area contributed by atoms with Gasteiger partial charge in [-0.05, 0) is 25.0 Å². The topological polar surface area (TPSA) is 75.6 Å². The Morgan fingerprint density at radius 3 is 2.37 bits per heavy atom. The standard InChI is InChI=1S/C14H19NO4/c1-9-5-4-6-10(2)13(9)14(18)15-8-11(19-3)7-12(16)17/h4-6,11H,7-8H2,1-3H3,(H,15,18)(H,16,17). The third-order valence-corrected chi connectivity index (χ3v) is 2.93. The lowest BCUT2D eigenvalue weighted by Gasteiger charge is -2.15. The highest BCUT2D eigenvalue weighted by Crippen LogP contribution is 2.12. The van der Waals surface area contributed by atoms with E-state index in [-0.39, 0.29) is 18.9 Å². The fourth-order valence-electron chi connectivity index (χ4n) is 1.90. The van der Waals surface area contributed by atoms with Gasteiger partial charge in [-0.1, -0.05) is 18.2 Å². The van der Waals surface area contributed by atoms with E-state index < -0.39 is 12.1 Å². The average molecular weight is 265 g/mol. The molecule has 0 radical (unpaired) electrons. The van der Waals surface area contributed by atoms with E-state index in [2.05, 4.69) is 5.32 Å². The van der Waals surface area contributed by atoms with Gasteiger partial charge in [0, 0.05) is 19.2 Å². The Hall–Kier alpha value is -1.88. The number of rotatable bonds is 6. The minimum absolute atomic E-state index is 0.135. The highest BCUT2D eigenvalue weighted by molar-refractivity contribution is 5.97. The van der Waals surface area contributed by atoms with Gasteiger partial charge in [0.1, 0.15) is 0 Å². The Morgan fingerprint density at radius 1 is 1.32 bits per heavy atom. The molecule has 0 bridgehead atoms. The van der Waals surface area contributed by atoms with Crippen molar-refractivity contribution in [2.75, 3.05) is 13.7 Å². The van der Waals surface area contributed by atoms with Crippen LogP contribution in [0.5, 0.6) is 0 Å². The normalized spacial score (nSPS) is 11.9. The summed E-state index contributed by atoms with van der Waals surface area (Å²) in [6.07, 6.45) is -0.658. The molecular weight excluding hydrogens is 246 g/mol. The maximum absolute atomic E-state index is 12.1. The molecule has 0 saturated carbocycles. The first-order valence-corrected chi connectivity index (χ1v) is 6.04. The molecule has 0 aliphatic heterocycles. The van der Waals surface area contributed by atoms with E-state index in [9.17, 15) is 9.59 Å². The van der Waals surface area contributed by atoms with E-state index in [1.165, 1.54) is 7.11 Å². The first-order valence-electron chi connectivity index (χ1n) is 6.04. The summed E-state index contributed by atoms with van der Waals surface area (Å²) in [4.78, 5) is 22.7. The molecular formula is C14H19NO4. The molecule has 1 aromatic rings. The number of amides is 1. The van der Waals surface area contributed by atoms with Crippen LogP contribution in [0.15, 0.2) is 18.2 Å². The molecule has 0 fully saturated rings. The van der Waals surface area contributed by atoms with Crippen molar-refractivity contribution in [3.8, 4) is 0 Å². The van der Waals surface area contributed by atoms with Gasteiger partial charge in [0.25, 0.3) is 5.91 Å². The van der Waals surface area contributed by atoms with E-state index >= 15 is 0 Å². The molecule has 0 aliphatic carbocycles. The fraction of sp³-hybridized carbons (Fsp3) is 0.429. The molecule has 0 saturated heterocycles. The predicted molar refractivity (Wildman–Crippen MR) is 71.3 cm³/mol. The minimum atomic E-state index is -0.951. The summed E-state index contributed by atoms with van der Waals surface area (Å²) in [5.41, 5.74) is 2.42. The van der Waals surface area contributed by atoms with Crippen molar-refractivity contribution in [2.45, 2.75) is 26.4 Å². The van der Waals surface area contributed by atoms with Crippen LogP contribution in [0.4, 0.5) is 0 Å². The number of hydrogen-bond acceptors (Lipinski definition) is 3. The van der Waals surface area contributed by atoms with Crippen LogP contribution in [0, 0.1) is 13.8 Å². The molecule has 2 N–H and O–H groups in total. The fourth-order valence-corrected chi connectivity index (χ4v) is 1.90. The number of aryl methyl sites for hydroxylation is 2. The SMILES string of the molecule is COC(CNC(=O)c1c(C)cccc1C)CC(=O)O. The van der Waals surface area contributed by atoms with Crippen LogP contribution in [0.2, 0.25) is 0 Å². The van der Waals surface area contributed by atoms with Crippen molar-refractivity contribution >= 4 is 11.9 Å². The number of methoxy groups -OCH3 is 1. The summed E-state index contributed by atoms with van der Waals surface area (Å²) in [5, 5.41) is 11.4. The van der Waals surface area contributed by atoms with Crippen LogP contribution < -0.4 is 5.32 Å². The summed E-state index contributed by atoms with van der Waals surface area (Å²) in [5.74, 6) is -1.16. The van der Waals surface area contributed by atoms with E-state index in [0.29, 0.717) is 5.56 Å². The lowest BCUT2D eigenvalue weighted by molar-refractivity contribution is -0.139. The van der Waals surface area contributed by atoms with Crippen molar-refractivity contribution in [3.05, 3.63) is 34.9 Å². The zero-order valence-electron chi connectivity index (χ0n) is 11.4. The Kier molecular flexibility index (Phi) is 5.51. The quantitative estimate of drug-likeness (QED) is 0.817. The van der Waals surface area contributed by atoms with Crippen molar-refractivity contribution in [1.29, 1.82) is 0 Å². The molecule has 5 nitrogen and oxygen atoms in total. The van der Waals surface area contributed by atoms with Crippen LogP contribution in [0.25, 0.3) is 0 Å². The largest absolute Gasteiger partial charge is 0.481 e. The van der Waals surface area contributed by atoms with Crippen LogP contribution in [0.3, 0.4) is 0 Å². The first-order chi connectivity index (χ1) is 8.95. The van der Waals surface area contributed by atoms with Crippen LogP contribution in [-0.4, -0.2) is 36.7 Å². The highest BCUT2D eigenvalue weighted by Gasteiger charge is 2.16. The van der Waals surface area contributed by atoms with E-state index in [1.54, 1.807) is 0 Å². The zero-order valence-corrected chi connectivity index (χ0v) is 11.4. The molecule has 0 spiro atoms. The molecule has 1 rings (SSSR count). The number of nitrogens with one attached hydrogen (secondary N) is 1. The molecule has 0 aliphatic rings. The van der Waals surface area contributed by atoms with Gasteiger partial charge in [0.15, 0.2) is 0 Å². The lowest BCUT2D eigenvalue weighted by Crippen LogP contribution is -2.35. The van der Waals surface area contributed by atoms with Crippen molar-refractivity contribution in [2.24, 2.45) is 0 Å². The number of ether oxygens (including phenoxy) is 1. The van der Waals surface area contributed by atoms with Crippen LogP contribution >= 0.6 is 0 Å². The average Bonchev–Trinajstić information content (AvgIpc) is 2.33. The van der Waals surface area contributed by atoms with Crippen molar-refractivity contribution in [3.63, 3.8) is 0 Å².